The molecule has 0 atom stereocenters. The van der Waals surface area contributed by atoms with Crippen LogP contribution in [0.2, 0.25) is 0 Å². The van der Waals surface area contributed by atoms with Crippen LogP contribution in [0.15, 0.2) is 191 Å². The number of rotatable bonds is 3. The first-order chi connectivity index (χ1) is 26.8. The molecule has 2 aromatic heterocycles. The first-order valence-electron chi connectivity index (χ1n) is 18.5. The minimum Gasteiger partial charge on any atom is -0.452 e. The number of benzene rings is 10. The van der Waals surface area contributed by atoms with Gasteiger partial charge in [0.2, 0.25) is 0 Å². The van der Waals surface area contributed by atoms with Crippen LogP contribution in [0.5, 0.6) is 0 Å². The molecule has 0 unspecified atom stereocenters. The van der Waals surface area contributed by atoms with E-state index in [4.69, 9.17) is 8.83 Å². The van der Waals surface area contributed by atoms with E-state index in [1.165, 1.54) is 65.3 Å². The van der Waals surface area contributed by atoms with E-state index in [9.17, 15) is 0 Å². The van der Waals surface area contributed by atoms with Gasteiger partial charge in [0.25, 0.3) is 0 Å². The van der Waals surface area contributed by atoms with E-state index in [-0.39, 0.29) is 0 Å². The number of fused-ring (bicyclic) bond motifs is 12. The van der Waals surface area contributed by atoms with Crippen LogP contribution in [0.3, 0.4) is 0 Å². The van der Waals surface area contributed by atoms with Gasteiger partial charge in [-0.15, -0.1) is 0 Å². The van der Waals surface area contributed by atoms with Crippen molar-refractivity contribution in [2.45, 2.75) is 0 Å². The van der Waals surface area contributed by atoms with Crippen LogP contribution in [-0.4, -0.2) is 0 Å². The second-order valence-electron chi connectivity index (χ2n) is 14.4. The van der Waals surface area contributed by atoms with E-state index in [0.29, 0.717) is 0 Å². The molecular weight excluding hydrogens is 657 g/mol. The molecule has 10 aromatic carbocycles. The maximum absolute atomic E-state index is 6.69. The number of hydrogen-bond donors (Lipinski definition) is 0. The number of furan rings is 2. The molecule has 0 spiro atoms. The fraction of sp³-hybridized carbons (Fsp3) is 0. The molecule has 0 saturated carbocycles. The standard InChI is InChI=1S/C52H30O2/c1-2-12-33-28-37(21-20-31(33)10-1)49-42-18-7-5-16-40(42)48(41-17-6-8-19-43(41)49)36-14-9-13-34(29-36)35-22-24-39-44-25-26-45-50-38-15-4-3-11-32(38)23-27-46(50)53-52(45)51(44)54-47(39)30-35/h1-30H. The molecule has 0 saturated heterocycles. The molecule has 0 amide bonds. The van der Waals surface area contributed by atoms with Crippen molar-refractivity contribution in [2.24, 2.45) is 0 Å². The van der Waals surface area contributed by atoms with Crippen LogP contribution >= 0.6 is 0 Å². The maximum atomic E-state index is 6.69. The van der Waals surface area contributed by atoms with Gasteiger partial charge in [-0.2, -0.15) is 0 Å². The Morgan fingerprint density at radius 1 is 0.259 bits per heavy atom. The summed E-state index contributed by atoms with van der Waals surface area (Å²) >= 11 is 0. The van der Waals surface area contributed by atoms with E-state index in [1.807, 2.05) is 0 Å². The lowest BCUT2D eigenvalue weighted by Crippen LogP contribution is -1.91. The fourth-order valence-electron chi connectivity index (χ4n) is 8.97. The zero-order chi connectivity index (χ0) is 35.3. The Morgan fingerprint density at radius 3 is 1.54 bits per heavy atom. The molecule has 2 heteroatoms. The van der Waals surface area contributed by atoms with E-state index in [2.05, 4.69) is 182 Å². The molecule has 250 valence electrons. The minimum absolute atomic E-state index is 0.790. The third kappa shape index (κ3) is 4.22. The highest BCUT2D eigenvalue weighted by atomic mass is 16.4. The van der Waals surface area contributed by atoms with Crippen molar-refractivity contribution in [2.75, 3.05) is 0 Å². The predicted octanol–water partition coefficient (Wildman–Crippen LogP) is 15.1. The molecule has 0 aliphatic rings. The molecule has 54 heavy (non-hydrogen) atoms. The summed E-state index contributed by atoms with van der Waals surface area (Å²) in [5, 5.41) is 14.2. The summed E-state index contributed by atoms with van der Waals surface area (Å²) in [6, 6.07) is 65.7. The molecule has 0 radical (unpaired) electrons. The SMILES string of the molecule is c1cc(-c2ccc3c(c2)oc2c3ccc3c2oc2ccc4ccccc4c23)cc(-c2c3ccccc3c(-c3ccc4ccccc4c3)c3ccccc23)c1. The van der Waals surface area contributed by atoms with Gasteiger partial charge in [-0.1, -0.05) is 140 Å². The first kappa shape index (κ1) is 29.4. The van der Waals surface area contributed by atoms with Gasteiger partial charge in [0, 0.05) is 21.5 Å². The molecule has 12 rings (SSSR count). The van der Waals surface area contributed by atoms with Crippen LogP contribution < -0.4 is 0 Å². The summed E-state index contributed by atoms with van der Waals surface area (Å²) in [4.78, 5) is 0. The monoisotopic (exact) mass is 686 g/mol. The van der Waals surface area contributed by atoms with Crippen molar-refractivity contribution < 1.29 is 8.83 Å². The van der Waals surface area contributed by atoms with Gasteiger partial charge >= 0.3 is 0 Å². The molecule has 0 aliphatic heterocycles. The highest BCUT2D eigenvalue weighted by Crippen LogP contribution is 2.46. The molecule has 2 nitrogen and oxygen atoms in total. The topological polar surface area (TPSA) is 26.3 Å². The lowest BCUT2D eigenvalue weighted by atomic mass is 9.85. The third-order valence-electron chi connectivity index (χ3n) is 11.4. The van der Waals surface area contributed by atoms with Gasteiger partial charge in [-0.05, 0) is 119 Å². The summed E-state index contributed by atoms with van der Waals surface area (Å²) in [5.41, 5.74) is 10.5. The van der Waals surface area contributed by atoms with Crippen molar-refractivity contribution in [1.82, 2.24) is 0 Å². The summed E-state index contributed by atoms with van der Waals surface area (Å²) in [5.74, 6) is 0. The largest absolute Gasteiger partial charge is 0.452 e. The van der Waals surface area contributed by atoms with Crippen LogP contribution in [0.25, 0.3) is 120 Å². The smallest absolute Gasteiger partial charge is 0.178 e. The predicted molar refractivity (Wildman–Crippen MR) is 227 cm³/mol. The van der Waals surface area contributed by atoms with Crippen molar-refractivity contribution in [3.63, 3.8) is 0 Å². The maximum Gasteiger partial charge on any atom is 0.178 e. The fourth-order valence-corrected chi connectivity index (χ4v) is 8.97. The Kier molecular flexibility index (Phi) is 6.09. The normalized spacial score (nSPS) is 12.1. The average molecular weight is 687 g/mol. The lowest BCUT2D eigenvalue weighted by molar-refractivity contribution is 0.633. The second-order valence-corrected chi connectivity index (χ2v) is 14.4. The van der Waals surface area contributed by atoms with Gasteiger partial charge in [0.05, 0.1) is 0 Å². The van der Waals surface area contributed by atoms with Crippen LogP contribution in [-0.2, 0) is 0 Å². The van der Waals surface area contributed by atoms with Crippen LogP contribution in [0.1, 0.15) is 0 Å². The Labute approximate surface area is 310 Å². The average Bonchev–Trinajstić information content (AvgIpc) is 3.81. The van der Waals surface area contributed by atoms with Crippen molar-refractivity contribution in [3.8, 4) is 33.4 Å². The van der Waals surface area contributed by atoms with Crippen molar-refractivity contribution in [1.29, 1.82) is 0 Å². The van der Waals surface area contributed by atoms with E-state index < -0.39 is 0 Å². The van der Waals surface area contributed by atoms with Gasteiger partial charge in [0.15, 0.2) is 11.2 Å². The third-order valence-corrected chi connectivity index (χ3v) is 11.4. The summed E-state index contributed by atoms with van der Waals surface area (Å²) < 4.78 is 13.2. The highest BCUT2D eigenvalue weighted by molar-refractivity contribution is 6.25. The van der Waals surface area contributed by atoms with Crippen molar-refractivity contribution in [3.05, 3.63) is 182 Å². The van der Waals surface area contributed by atoms with E-state index in [0.717, 1.165) is 55.0 Å². The summed E-state index contributed by atoms with van der Waals surface area (Å²) in [6.45, 7) is 0. The van der Waals surface area contributed by atoms with Crippen molar-refractivity contribution >= 4 is 87.0 Å². The molecule has 0 bridgehead atoms. The Morgan fingerprint density at radius 2 is 0.778 bits per heavy atom. The van der Waals surface area contributed by atoms with Gasteiger partial charge in [0.1, 0.15) is 11.2 Å². The molecule has 0 fully saturated rings. The highest BCUT2D eigenvalue weighted by Gasteiger charge is 2.20. The Bertz CT molecular complexity index is 3450. The zero-order valence-electron chi connectivity index (χ0n) is 29.1. The molecule has 12 aromatic rings. The molecule has 2 heterocycles. The summed E-state index contributed by atoms with van der Waals surface area (Å²) in [7, 11) is 0. The Hall–Kier alpha value is -7.16. The Balaban J connectivity index is 1.03. The van der Waals surface area contributed by atoms with E-state index in [1.54, 1.807) is 0 Å². The molecule has 0 N–H and O–H groups in total. The van der Waals surface area contributed by atoms with Crippen LogP contribution in [0.4, 0.5) is 0 Å². The minimum atomic E-state index is 0.790. The second kappa shape index (κ2) is 11.2. The van der Waals surface area contributed by atoms with Crippen LogP contribution in [0, 0.1) is 0 Å². The van der Waals surface area contributed by atoms with Gasteiger partial charge in [-0.3, -0.25) is 0 Å². The van der Waals surface area contributed by atoms with Gasteiger partial charge < -0.3 is 8.83 Å². The van der Waals surface area contributed by atoms with Gasteiger partial charge in [-0.25, -0.2) is 0 Å². The first-order valence-corrected chi connectivity index (χ1v) is 18.5. The molecular formula is C52H30O2. The zero-order valence-corrected chi connectivity index (χ0v) is 29.1. The molecule has 0 aliphatic carbocycles. The summed E-state index contributed by atoms with van der Waals surface area (Å²) in [6.07, 6.45) is 0. The van der Waals surface area contributed by atoms with E-state index >= 15 is 0 Å². The lowest BCUT2D eigenvalue weighted by Gasteiger charge is -2.18. The number of hydrogen-bond acceptors (Lipinski definition) is 2. The quantitative estimate of drug-likeness (QED) is 0.173.